The molecule has 2 aliphatic rings. The molecule has 1 atom stereocenters. The Balaban J connectivity index is 1.31. The van der Waals surface area contributed by atoms with Gasteiger partial charge in [-0.1, -0.05) is 0 Å². The van der Waals surface area contributed by atoms with Crippen molar-refractivity contribution in [2.75, 3.05) is 44.0 Å². The molecule has 28 heavy (non-hydrogen) atoms. The van der Waals surface area contributed by atoms with Gasteiger partial charge in [0.2, 0.25) is 5.88 Å². The van der Waals surface area contributed by atoms with Crippen LogP contribution in [0.1, 0.15) is 29.6 Å². The third-order valence-corrected chi connectivity index (χ3v) is 5.55. The van der Waals surface area contributed by atoms with Gasteiger partial charge in [0.25, 0.3) is 5.91 Å². The van der Waals surface area contributed by atoms with E-state index in [0.29, 0.717) is 23.4 Å². The van der Waals surface area contributed by atoms with Crippen LogP contribution in [0.15, 0.2) is 42.6 Å². The fourth-order valence-electron chi connectivity index (χ4n) is 3.44. The molecule has 0 spiro atoms. The molecule has 2 fully saturated rings. The number of amides is 1. The summed E-state index contributed by atoms with van der Waals surface area (Å²) in [6, 6.07) is 12.2. The van der Waals surface area contributed by atoms with E-state index >= 15 is 0 Å². The molecule has 1 N–H and O–H groups in total. The zero-order valence-electron chi connectivity index (χ0n) is 16.6. The molecule has 6 heteroatoms. The smallest absolute Gasteiger partial charge is 0.257 e. The highest BCUT2D eigenvalue weighted by Crippen LogP contribution is 2.29. The molecule has 4 rings (SSSR count). The number of carbonyl (C=O) groups is 1. The molecule has 148 valence electrons. The molecule has 1 aromatic carbocycles. The van der Waals surface area contributed by atoms with Crippen LogP contribution in [0.2, 0.25) is 0 Å². The van der Waals surface area contributed by atoms with Gasteiger partial charge in [-0.2, -0.15) is 0 Å². The maximum atomic E-state index is 12.5. The van der Waals surface area contributed by atoms with E-state index in [9.17, 15) is 4.79 Å². The summed E-state index contributed by atoms with van der Waals surface area (Å²) < 4.78 is 5.62. The van der Waals surface area contributed by atoms with E-state index in [1.165, 1.54) is 24.9 Å². The Kier molecular flexibility index (Phi) is 5.48. The molecule has 1 saturated carbocycles. The summed E-state index contributed by atoms with van der Waals surface area (Å²) in [5.74, 6) is 1.10. The van der Waals surface area contributed by atoms with E-state index in [0.717, 1.165) is 25.4 Å². The van der Waals surface area contributed by atoms with Gasteiger partial charge in [-0.15, -0.1) is 0 Å². The number of nitrogens with one attached hydrogen (secondary N) is 1. The van der Waals surface area contributed by atoms with E-state index < -0.39 is 0 Å². The highest BCUT2D eigenvalue weighted by Gasteiger charge is 2.24. The number of benzene rings is 1. The van der Waals surface area contributed by atoms with Gasteiger partial charge in [-0.25, -0.2) is 4.98 Å². The number of nitrogens with zero attached hydrogens (tertiary/aromatic N) is 3. The largest absolute Gasteiger partial charge is 0.477 e. The van der Waals surface area contributed by atoms with Crippen molar-refractivity contribution in [2.45, 2.75) is 25.3 Å². The van der Waals surface area contributed by atoms with E-state index in [2.05, 4.69) is 46.3 Å². The van der Waals surface area contributed by atoms with Crippen LogP contribution in [-0.4, -0.2) is 55.6 Å². The Labute approximate surface area is 166 Å². The fourth-order valence-corrected chi connectivity index (χ4v) is 3.44. The average Bonchev–Trinajstić information content (AvgIpc) is 3.40. The molecule has 1 saturated heterocycles. The Hall–Kier alpha value is -2.60. The monoisotopic (exact) mass is 380 g/mol. The minimum absolute atomic E-state index is 0.164. The molecule has 1 aromatic heterocycles. The topological polar surface area (TPSA) is 57.7 Å². The first-order chi connectivity index (χ1) is 13.6. The van der Waals surface area contributed by atoms with Gasteiger partial charge in [0.15, 0.2) is 0 Å². The Morgan fingerprint density at radius 1 is 1.18 bits per heavy atom. The normalized spacial score (nSPS) is 19.1. The minimum Gasteiger partial charge on any atom is -0.477 e. The number of ether oxygens (including phenoxy) is 1. The van der Waals surface area contributed by atoms with Crippen LogP contribution in [0.4, 0.5) is 11.4 Å². The highest BCUT2D eigenvalue weighted by molar-refractivity contribution is 6.04. The first-order valence-corrected chi connectivity index (χ1v) is 10.00. The van der Waals surface area contributed by atoms with Crippen molar-refractivity contribution in [3.8, 4) is 5.88 Å². The molecule has 1 amide bonds. The molecule has 1 unspecified atom stereocenters. The van der Waals surface area contributed by atoms with Gasteiger partial charge < -0.3 is 19.9 Å². The molecule has 0 bridgehead atoms. The highest BCUT2D eigenvalue weighted by atomic mass is 16.5. The Morgan fingerprint density at radius 2 is 1.96 bits per heavy atom. The molecule has 2 aromatic rings. The van der Waals surface area contributed by atoms with Crippen LogP contribution in [0.3, 0.4) is 0 Å². The van der Waals surface area contributed by atoms with Crippen LogP contribution in [0.25, 0.3) is 0 Å². The molecule has 1 aliphatic heterocycles. The van der Waals surface area contributed by atoms with E-state index in [4.69, 9.17) is 4.74 Å². The third-order valence-electron chi connectivity index (χ3n) is 5.55. The van der Waals surface area contributed by atoms with Crippen molar-refractivity contribution >= 4 is 17.3 Å². The number of anilines is 2. The van der Waals surface area contributed by atoms with Crippen molar-refractivity contribution in [3.05, 3.63) is 48.2 Å². The maximum Gasteiger partial charge on any atom is 0.257 e. The van der Waals surface area contributed by atoms with Gasteiger partial charge in [0, 0.05) is 42.8 Å². The van der Waals surface area contributed by atoms with E-state index in [1.807, 2.05) is 12.1 Å². The summed E-state index contributed by atoms with van der Waals surface area (Å²) in [6.45, 7) is 2.83. The van der Waals surface area contributed by atoms with E-state index in [-0.39, 0.29) is 5.91 Å². The summed E-state index contributed by atoms with van der Waals surface area (Å²) in [7, 11) is 4.26. The number of rotatable bonds is 7. The van der Waals surface area contributed by atoms with Crippen molar-refractivity contribution < 1.29 is 9.53 Å². The molecular formula is C22H28N4O2. The van der Waals surface area contributed by atoms with Gasteiger partial charge in [-0.3, -0.25) is 4.79 Å². The van der Waals surface area contributed by atoms with Crippen molar-refractivity contribution in [1.29, 1.82) is 0 Å². The number of carbonyl (C=O) groups excluding carboxylic acids is 1. The second-order valence-electron chi connectivity index (χ2n) is 7.99. The minimum atomic E-state index is -0.164. The predicted molar refractivity (Wildman–Crippen MR) is 111 cm³/mol. The summed E-state index contributed by atoms with van der Waals surface area (Å²) in [5.41, 5.74) is 2.50. The lowest BCUT2D eigenvalue weighted by Crippen LogP contribution is -2.31. The van der Waals surface area contributed by atoms with Gasteiger partial charge in [0.05, 0.1) is 12.2 Å². The summed E-state index contributed by atoms with van der Waals surface area (Å²) in [4.78, 5) is 21.4. The lowest BCUT2D eigenvalue weighted by molar-refractivity contribution is 0.102. The molecule has 0 radical (unpaired) electrons. The zero-order valence-corrected chi connectivity index (χ0v) is 16.6. The second-order valence-corrected chi connectivity index (χ2v) is 7.99. The first kappa shape index (κ1) is 18.7. The van der Waals surface area contributed by atoms with Crippen molar-refractivity contribution in [1.82, 2.24) is 9.88 Å². The third kappa shape index (κ3) is 4.62. The standard InChI is InChI=1S/C22H28N4O2/c1-25(2)20-11-12-26(14-20)19-8-6-18(7-9-19)24-22(27)17-5-10-21(23-13-17)28-15-16-3-4-16/h5-10,13,16,20H,3-4,11-12,14-15H2,1-2H3,(H,24,27). The van der Waals surface area contributed by atoms with Crippen LogP contribution < -0.4 is 15.0 Å². The Bertz CT molecular complexity index is 800. The van der Waals surface area contributed by atoms with Crippen molar-refractivity contribution in [3.63, 3.8) is 0 Å². The van der Waals surface area contributed by atoms with Crippen LogP contribution in [-0.2, 0) is 0 Å². The predicted octanol–water partition coefficient (Wildman–Crippen LogP) is 3.26. The number of pyridine rings is 1. The van der Waals surface area contributed by atoms with Crippen LogP contribution in [0.5, 0.6) is 5.88 Å². The quantitative estimate of drug-likeness (QED) is 0.799. The number of hydrogen-bond acceptors (Lipinski definition) is 5. The summed E-state index contributed by atoms with van der Waals surface area (Å²) in [5, 5.41) is 2.94. The lowest BCUT2D eigenvalue weighted by atomic mass is 10.2. The zero-order chi connectivity index (χ0) is 19.5. The second kappa shape index (κ2) is 8.19. The fraction of sp³-hybridized carbons (Fsp3) is 0.455. The Morgan fingerprint density at radius 3 is 2.57 bits per heavy atom. The van der Waals surface area contributed by atoms with Crippen molar-refractivity contribution in [2.24, 2.45) is 5.92 Å². The van der Waals surface area contributed by atoms with E-state index in [1.54, 1.807) is 18.3 Å². The number of likely N-dealkylation sites (N-methyl/N-ethyl adjacent to an activating group) is 1. The van der Waals surface area contributed by atoms with Crippen LogP contribution >= 0.6 is 0 Å². The molecular weight excluding hydrogens is 352 g/mol. The molecule has 2 heterocycles. The van der Waals surface area contributed by atoms with Crippen LogP contribution in [0, 0.1) is 5.92 Å². The van der Waals surface area contributed by atoms with Gasteiger partial charge in [0.1, 0.15) is 0 Å². The summed E-state index contributed by atoms with van der Waals surface area (Å²) in [6.07, 6.45) is 5.23. The number of aromatic nitrogens is 1. The number of hydrogen-bond donors (Lipinski definition) is 1. The summed E-state index contributed by atoms with van der Waals surface area (Å²) >= 11 is 0. The molecule has 6 nitrogen and oxygen atoms in total. The average molecular weight is 380 g/mol. The van der Waals surface area contributed by atoms with Gasteiger partial charge in [-0.05, 0) is 69.6 Å². The molecule has 1 aliphatic carbocycles. The first-order valence-electron chi connectivity index (χ1n) is 10.00. The maximum absolute atomic E-state index is 12.5. The van der Waals surface area contributed by atoms with Gasteiger partial charge >= 0.3 is 0 Å². The lowest BCUT2D eigenvalue weighted by Gasteiger charge is -2.22. The SMILES string of the molecule is CN(C)C1CCN(c2ccc(NC(=O)c3ccc(OCC4CC4)nc3)cc2)C1.